The van der Waals surface area contributed by atoms with Gasteiger partial charge in [0.1, 0.15) is 0 Å². The van der Waals surface area contributed by atoms with Crippen LogP contribution in [0.25, 0.3) is 0 Å². The van der Waals surface area contributed by atoms with Gasteiger partial charge < -0.3 is 19.4 Å². The second-order valence-corrected chi connectivity index (χ2v) is 4.39. The van der Waals surface area contributed by atoms with Crippen LogP contribution in [0, 0.1) is 0 Å². The van der Waals surface area contributed by atoms with E-state index in [9.17, 15) is 9.90 Å². The molecule has 0 saturated carbocycles. The second kappa shape index (κ2) is 5.77. The summed E-state index contributed by atoms with van der Waals surface area (Å²) in [4.78, 5) is 10.9. The van der Waals surface area contributed by atoms with E-state index >= 15 is 0 Å². The van der Waals surface area contributed by atoms with Crippen LogP contribution < -0.4 is 14.6 Å². The molecule has 1 rings (SSSR count). The maximum Gasteiger partial charge on any atom is 0.163 e. The molecule has 5 heteroatoms. The smallest absolute Gasteiger partial charge is 0.163 e. The highest BCUT2D eigenvalue weighted by molar-refractivity contribution is 6.20. The van der Waals surface area contributed by atoms with Crippen LogP contribution in [0.3, 0.4) is 0 Å². The summed E-state index contributed by atoms with van der Waals surface area (Å²) in [5.41, 5.74) is 0.739. The summed E-state index contributed by atoms with van der Waals surface area (Å²) in [5, 5.41) is 10.7. The Bertz CT molecular complexity index is 415. The van der Waals surface area contributed by atoms with E-state index in [0.29, 0.717) is 23.5 Å². The molecule has 0 aliphatic heterocycles. The van der Waals surface area contributed by atoms with Crippen molar-refractivity contribution >= 4 is 17.6 Å². The van der Waals surface area contributed by atoms with Crippen LogP contribution in [-0.4, -0.2) is 25.6 Å². The molecule has 0 N–H and O–H groups in total. The minimum Gasteiger partial charge on any atom is -0.545 e. The summed E-state index contributed by atoms with van der Waals surface area (Å²) in [6.45, 7) is 1.82. The van der Waals surface area contributed by atoms with Crippen molar-refractivity contribution in [2.24, 2.45) is 0 Å². The predicted molar refractivity (Wildman–Crippen MR) is 62.9 cm³/mol. The summed E-state index contributed by atoms with van der Waals surface area (Å²) >= 11 is 5.91. The first-order chi connectivity index (χ1) is 7.99. The molecule has 0 amide bonds. The molecule has 0 fully saturated rings. The standard InChI is InChI=1S/C12H15ClO4/c1-7(13)4-8-5-9(12(14)15)6-10(16-2)11(8)17-3/h5-7H,4H2,1-3H3,(H,14,15)/p-1/t7-/m0/s1. The van der Waals surface area contributed by atoms with E-state index in [4.69, 9.17) is 21.1 Å². The average molecular weight is 258 g/mol. The van der Waals surface area contributed by atoms with Crippen molar-refractivity contribution in [3.63, 3.8) is 0 Å². The minimum atomic E-state index is -1.26. The third kappa shape index (κ3) is 3.27. The lowest BCUT2D eigenvalue weighted by Crippen LogP contribution is -2.22. The number of benzene rings is 1. The fourth-order valence-corrected chi connectivity index (χ4v) is 1.78. The number of methoxy groups -OCH3 is 2. The highest BCUT2D eigenvalue weighted by Crippen LogP contribution is 2.33. The molecule has 17 heavy (non-hydrogen) atoms. The third-order valence-electron chi connectivity index (χ3n) is 2.29. The Hall–Kier alpha value is -1.42. The molecule has 1 aromatic rings. The maximum absolute atomic E-state index is 10.9. The quantitative estimate of drug-likeness (QED) is 0.745. The van der Waals surface area contributed by atoms with Crippen LogP contribution in [0.4, 0.5) is 0 Å². The van der Waals surface area contributed by atoms with E-state index in [1.165, 1.54) is 26.4 Å². The average Bonchev–Trinajstić information content (AvgIpc) is 2.26. The number of rotatable bonds is 5. The number of ether oxygens (including phenoxy) is 2. The molecule has 0 bridgehead atoms. The summed E-state index contributed by atoms with van der Waals surface area (Å²) in [6, 6.07) is 2.87. The lowest BCUT2D eigenvalue weighted by molar-refractivity contribution is -0.255. The van der Waals surface area contributed by atoms with Crippen molar-refractivity contribution < 1.29 is 19.4 Å². The van der Waals surface area contributed by atoms with Gasteiger partial charge in [0.2, 0.25) is 0 Å². The van der Waals surface area contributed by atoms with E-state index in [1.54, 1.807) is 0 Å². The van der Waals surface area contributed by atoms with Crippen molar-refractivity contribution in [2.75, 3.05) is 14.2 Å². The van der Waals surface area contributed by atoms with E-state index in [-0.39, 0.29) is 10.9 Å². The number of carbonyl (C=O) groups is 1. The number of carboxylic acids is 1. The zero-order chi connectivity index (χ0) is 13.0. The molecule has 4 nitrogen and oxygen atoms in total. The van der Waals surface area contributed by atoms with Gasteiger partial charge in [-0.25, -0.2) is 0 Å². The Balaban J connectivity index is 3.31. The van der Waals surface area contributed by atoms with Gasteiger partial charge in [0.15, 0.2) is 11.5 Å². The monoisotopic (exact) mass is 257 g/mol. The topological polar surface area (TPSA) is 58.6 Å². The first-order valence-electron chi connectivity index (χ1n) is 5.10. The van der Waals surface area contributed by atoms with Crippen LogP contribution in [0.2, 0.25) is 0 Å². The van der Waals surface area contributed by atoms with Crippen LogP contribution in [0.5, 0.6) is 11.5 Å². The van der Waals surface area contributed by atoms with Crippen molar-refractivity contribution in [1.82, 2.24) is 0 Å². The van der Waals surface area contributed by atoms with Crippen molar-refractivity contribution in [3.05, 3.63) is 23.3 Å². The largest absolute Gasteiger partial charge is 0.545 e. The number of hydrogen-bond acceptors (Lipinski definition) is 4. The van der Waals surface area contributed by atoms with Gasteiger partial charge in [0.05, 0.1) is 20.2 Å². The van der Waals surface area contributed by atoms with Crippen LogP contribution in [0.1, 0.15) is 22.8 Å². The van der Waals surface area contributed by atoms with Crippen molar-refractivity contribution in [3.8, 4) is 11.5 Å². The molecular formula is C12H14ClO4-. The van der Waals surface area contributed by atoms with E-state index in [2.05, 4.69) is 0 Å². The van der Waals surface area contributed by atoms with E-state index in [1.807, 2.05) is 6.92 Å². The van der Waals surface area contributed by atoms with Crippen molar-refractivity contribution in [1.29, 1.82) is 0 Å². The Morgan fingerprint density at radius 2 is 2.06 bits per heavy atom. The molecule has 94 valence electrons. The first kappa shape index (κ1) is 13.6. The summed E-state index contributed by atoms with van der Waals surface area (Å²) < 4.78 is 10.3. The van der Waals surface area contributed by atoms with E-state index < -0.39 is 5.97 Å². The Labute approximate surface area is 105 Å². The van der Waals surface area contributed by atoms with Crippen LogP contribution in [-0.2, 0) is 6.42 Å². The van der Waals surface area contributed by atoms with Gasteiger partial charge in [-0.1, -0.05) is 0 Å². The Morgan fingerprint density at radius 3 is 2.47 bits per heavy atom. The molecule has 0 aliphatic carbocycles. The molecule has 0 aromatic heterocycles. The van der Waals surface area contributed by atoms with Gasteiger partial charge >= 0.3 is 0 Å². The number of carboxylic acid groups (broad SMARTS) is 1. The lowest BCUT2D eigenvalue weighted by atomic mass is 10.0. The third-order valence-corrected chi connectivity index (χ3v) is 2.45. The second-order valence-electron chi connectivity index (χ2n) is 3.64. The molecule has 0 radical (unpaired) electrons. The molecule has 0 heterocycles. The molecule has 1 aromatic carbocycles. The summed E-state index contributed by atoms with van der Waals surface area (Å²) in [5.74, 6) is -0.388. The predicted octanol–water partition coefficient (Wildman–Crippen LogP) is 1.24. The SMILES string of the molecule is COc1cc(C(=O)[O-])cc(C[C@H](C)Cl)c1OC. The van der Waals surface area contributed by atoms with Gasteiger partial charge in [0, 0.05) is 16.5 Å². The maximum atomic E-state index is 10.9. The molecule has 1 atom stereocenters. The van der Waals surface area contributed by atoms with Crippen LogP contribution in [0.15, 0.2) is 12.1 Å². The first-order valence-corrected chi connectivity index (χ1v) is 5.53. The van der Waals surface area contributed by atoms with Gasteiger partial charge in [-0.2, -0.15) is 0 Å². The molecule has 0 saturated heterocycles. The van der Waals surface area contributed by atoms with Gasteiger partial charge in [-0.15, -0.1) is 11.6 Å². The number of hydrogen-bond donors (Lipinski definition) is 0. The summed E-state index contributed by atoms with van der Waals surface area (Å²) in [7, 11) is 2.95. The fourth-order valence-electron chi connectivity index (χ4n) is 1.62. The van der Waals surface area contributed by atoms with E-state index in [0.717, 1.165) is 0 Å². The van der Waals surface area contributed by atoms with Gasteiger partial charge in [0.25, 0.3) is 0 Å². The molecule has 0 unspecified atom stereocenters. The highest BCUT2D eigenvalue weighted by Gasteiger charge is 2.14. The zero-order valence-electron chi connectivity index (χ0n) is 9.95. The molecular weight excluding hydrogens is 244 g/mol. The number of carbonyl (C=O) groups excluding carboxylic acids is 1. The van der Waals surface area contributed by atoms with Gasteiger partial charge in [-0.3, -0.25) is 0 Å². The summed E-state index contributed by atoms with van der Waals surface area (Å²) in [6.07, 6.45) is 0.488. The lowest BCUT2D eigenvalue weighted by Gasteiger charge is -2.16. The molecule has 0 spiro atoms. The Kier molecular flexibility index (Phi) is 4.63. The molecule has 0 aliphatic rings. The van der Waals surface area contributed by atoms with Crippen LogP contribution >= 0.6 is 11.6 Å². The van der Waals surface area contributed by atoms with Crippen molar-refractivity contribution in [2.45, 2.75) is 18.7 Å². The number of aromatic carboxylic acids is 1. The number of alkyl halides is 1. The fraction of sp³-hybridized carbons (Fsp3) is 0.417. The Morgan fingerprint density at radius 1 is 1.41 bits per heavy atom. The highest BCUT2D eigenvalue weighted by atomic mass is 35.5. The zero-order valence-corrected chi connectivity index (χ0v) is 10.7. The number of halogens is 1. The van der Waals surface area contributed by atoms with Gasteiger partial charge in [-0.05, 0) is 25.5 Å². The minimum absolute atomic E-state index is 0.0509. The normalized spacial score (nSPS) is 12.0.